The molecule has 7 nitrogen and oxygen atoms in total. The van der Waals surface area contributed by atoms with Gasteiger partial charge in [-0.25, -0.2) is 17.9 Å². The van der Waals surface area contributed by atoms with Gasteiger partial charge in [0, 0.05) is 46.0 Å². The van der Waals surface area contributed by atoms with Crippen LogP contribution >= 0.6 is 23.2 Å². The quantitative estimate of drug-likeness (QED) is 0.114. The zero-order valence-electron chi connectivity index (χ0n) is 27.4. The molecule has 0 amide bonds. The third-order valence-corrected chi connectivity index (χ3v) is 10.4. The standard InChI is InChI=1S/C40H36Cl2N2O5S/c1-48-40(45)31-14-19-34(20-15-31)49-25-23-35-36-26-33(42)18-21-37(36)44(39(29-8-4-2-5-9-29)30-10-6-3-7-11-30)38(35)22-24-43-50(46,47)27-28-12-16-32(41)17-13-28/h2-21,26,39,43H,22-25,27H2,1H3. The van der Waals surface area contributed by atoms with E-state index in [1.807, 2.05) is 54.6 Å². The number of carbonyl (C=O) groups is 1. The van der Waals surface area contributed by atoms with Crippen LogP contribution in [-0.4, -0.2) is 39.2 Å². The van der Waals surface area contributed by atoms with Crippen LogP contribution < -0.4 is 9.46 Å². The largest absolute Gasteiger partial charge is 0.493 e. The van der Waals surface area contributed by atoms with Crippen molar-refractivity contribution in [3.63, 3.8) is 0 Å². The van der Waals surface area contributed by atoms with Crippen molar-refractivity contribution in [1.82, 2.24) is 9.29 Å². The van der Waals surface area contributed by atoms with Crippen molar-refractivity contribution in [3.8, 4) is 5.75 Å². The lowest BCUT2D eigenvalue weighted by molar-refractivity contribution is 0.0600. The molecule has 0 bridgehead atoms. The first-order valence-electron chi connectivity index (χ1n) is 16.2. The molecular weight excluding hydrogens is 691 g/mol. The number of ether oxygens (including phenoxy) is 2. The van der Waals surface area contributed by atoms with E-state index in [9.17, 15) is 13.2 Å². The second kappa shape index (κ2) is 16.0. The van der Waals surface area contributed by atoms with E-state index < -0.39 is 16.0 Å². The van der Waals surface area contributed by atoms with Gasteiger partial charge in [0.05, 0.1) is 31.1 Å². The van der Waals surface area contributed by atoms with E-state index in [4.69, 9.17) is 32.7 Å². The monoisotopic (exact) mass is 726 g/mol. The van der Waals surface area contributed by atoms with Gasteiger partial charge < -0.3 is 14.0 Å². The average Bonchev–Trinajstić information content (AvgIpc) is 3.41. The molecule has 256 valence electrons. The van der Waals surface area contributed by atoms with Gasteiger partial charge in [0.25, 0.3) is 0 Å². The lowest BCUT2D eigenvalue weighted by Gasteiger charge is -2.25. The van der Waals surface area contributed by atoms with Crippen LogP contribution in [0.15, 0.2) is 127 Å². The van der Waals surface area contributed by atoms with E-state index in [-0.39, 0.29) is 18.3 Å². The summed E-state index contributed by atoms with van der Waals surface area (Å²) >= 11 is 12.6. The van der Waals surface area contributed by atoms with Crippen LogP contribution in [0, 0.1) is 0 Å². The number of aromatic nitrogens is 1. The number of fused-ring (bicyclic) bond motifs is 1. The minimum Gasteiger partial charge on any atom is -0.493 e. The van der Waals surface area contributed by atoms with E-state index in [0.29, 0.717) is 46.4 Å². The van der Waals surface area contributed by atoms with Crippen LogP contribution in [0.25, 0.3) is 10.9 Å². The van der Waals surface area contributed by atoms with Gasteiger partial charge in [0.15, 0.2) is 0 Å². The smallest absolute Gasteiger partial charge is 0.337 e. The molecule has 0 unspecified atom stereocenters. The van der Waals surface area contributed by atoms with Gasteiger partial charge in [0.2, 0.25) is 10.0 Å². The number of nitrogens with one attached hydrogen (secondary N) is 1. The number of carbonyl (C=O) groups excluding carboxylic acids is 1. The summed E-state index contributed by atoms with van der Waals surface area (Å²) in [5.41, 5.74) is 6.22. The third-order valence-electron chi connectivity index (χ3n) is 8.52. The predicted molar refractivity (Wildman–Crippen MR) is 200 cm³/mol. The molecule has 0 fully saturated rings. The molecule has 1 N–H and O–H groups in total. The molecular formula is C40H36Cl2N2O5S. The van der Waals surface area contributed by atoms with Crippen molar-refractivity contribution in [1.29, 1.82) is 0 Å². The zero-order chi connectivity index (χ0) is 35.1. The Hall–Kier alpha value is -4.60. The minimum atomic E-state index is -3.65. The molecule has 0 spiro atoms. The Bertz CT molecular complexity index is 2130. The molecule has 0 aliphatic rings. The summed E-state index contributed by atoms with van der Waals surface area (Å²) in [6.45, 7) is 0.513. The molecule has 0 aliphatic heterocycles. The summed E-state index contributed by atoms with van der Waals surface area (Å²) in [6, 6.07) is 39.8. The fraction of sp³-hybridized carbons (Fsp3) is 0.175. The molecule has 0 saturated heterocycles. The Labute approximate surface area is 302 Å². The van der Waals surface area contributed by atoms with E-state index >= 15 is 0 Å². The van der Waals surface area contributed by atoms with Crippen LogP contribution in [0.3, 0.4) is 0 Å². The Morgan fingerprint density at radius 3 is 2.02 bits per heavy atom. The molecule has 0 radical (unpaired) electrons. The summed E-state index contributed by atoms with van der Waals surface area (Å²) in [7, 11) is -2.31. The van der Waals surface area contributed by atoms with Crippen molar-refractivity contribution in [3.05, 3.63) is 171 Å². The summed E-state index contributed by atoms with van der Waals surface area (Å²) in [5.74, 6) is 0.0398. The third kappa shape index (κ3) is 8.40. The van der Waals surface area contributed by atoms with Crippen LogP contribution in [0.1, 0.15) is 44.3 Å². The molecule has 10 heteroatoms. The number of hydrogen-bond acceptors (Lipinski definition) is 5. The van der Waals surface area contributed by atoms with Crippen molar-refractivity contribution in [2.75, 3.05) is 20.3 Å². The maximum Gasteiger partial charge on any atom is 0.337 e. The van der Waals surface area contributed by atoms with Crippen LogP contribution in [0.4, 0.5) is 0 Å². The summed E-state index contributed by atoms with van der Waals surface area (Å²) in [6.07, 6.45) is 0.928. The molecule has 6 rings (SSSR count). The highest BCUT2D eigenvalue weighted by Crippen LogP contribution is 2.38. The number of halogens is 2. The van der Waals surface area contributed by atoms with Gasteiger partial charge in [-0.1, -0.05) is 96.0 Å². The van der Waals surface area contributed by atoms with Crippen molar-refractivity contribution < 1.29 is 22.7 Å². The Morgan fingerprint density at radius 1 is 0.780 bits per heavy atom. The maximum absolute atomic E-state index is 13.2. The highest BCUT2D eigenvalue weighted by Gasteiger charge is 2.26. The Kier molecular flexibility index (Phi) is 11.2. The molecule has 6 aromatic rings. The number of hydrogen-bond donors (Lipinski definition) is 1. The van der Waals surface area contributed by atoms with E-state index in [1.54, 1.807) is 48.5 Å². The fourth-order valence-electron chi connectivity index (χ4n) is 6.26. The Balaban J connectivity index is 1.38. The number of esters is 1. The van der Waals surface area contributed by atoms with Gasteiger partial charge in [-0.05, 0) is 76.9 Å². The van der Waals surface area contributed by atoms with E-state index in [1.165, 1.54) is 7.11 Å². The first-order valence-corrected chi connectivity index (χ1v) is 18.6. The van der Waals surface area contributed by atoms with Crippen molar-refractivity contribution >= 4 is 50.1 Å². The number of methoxy groups -OCH3 is 1. The van der Waals surface area contributed by atoms with Crippen molar-refractivity contribution in [2.24, 2.45) is 0 Å². The van der Waals surface area contributed by atoms with Gasteiger partial charge >= 0.3 is 5.97 Å². The molecule has 0 saturated carbocycles. The minimum absolute atomic E-state index is 0.158. The first kappa shape index (κ1) is 35.2. The lowest BCUT2D eigenvalue weighted by atomic mass is 9.97. The molecule has 0 atom stereocenters. The second-order valence-electron chi connectivity index (χ2n) is 11.8. The number of benzene rings is 5. The van der Waals surface area contributed by atoms with Gasteiger partial charge in [-0.15, -0.1) is 0 Å². The summed E-state index contributed by atoms with van der Waals surface area (Å²) in [5, 5.41) is 2.12. The molecule has 1 heterocycles. The van der Waals surface area contributed by atoms with E-state index in [2.05, 4.69) is 33.6 Å². The first-order chi connectivity index (χ1) is 24.2. The summed E-state index contributed by atoms with van der Waals surface area (Å²) < 4.78 is 42.6. The maximum atomic E-state index is 13.2. The van der Waals surface area contributed by atoms with Crippen molar-refractivity contribution in [2.45, 2.75) is 24.6 Å². The number of rotatable bonds is 14. The Morgan fingerprint density at radius 2 is 1.40 bits per heavy atom. The number of sulfonamides is 1. The molecule has 5 aromatic carbocycles. The van der Waals surface area contributed by atoms with Crippen LogP contribution in [0.5, 0.6) is 5.75 Å². The van der Waals surface area contributed by atoms with Gasteiger partial charge in [0.1, 0.15) is 5.75 Å². The second-order valence-corrected chi connectivity index (χ2v) is 14.5. The fourth-order valence-corrected chi connectivity index (χ4v) is 7.71. The zero-order valence-corrected chi connectivity index (χ0v) is 29.7. The van der Waals surface area contributed by atoms with Gasteiger partial charge in [-0.2, -0.15) is 0 Å². The van der Waals surface area contributed by atoms with Crippen LogP contribution in [0.2, 0.25) is 10.0 Å². The lowest BCUT2D eigenvalue weighted by Crippen LogP contribution is -2.28. The highest BCUT2D eigenvalue weighted by atomic mass is 35.5. The molecule has 50 heavy (non-hydrogen) atoms. The summed E-state index contributed by atoms with van der Waals surface area (Å²) in [4.78, 5) is 11.9. The SMILES string of the molecule is COC(=O)c1ccc(OCCc2c(CCNS(=O)(=O)Cc3ccc(Cl)cc3)n(C(c3ccccc3)c3ccccc3)c3ccc(Cl)cc23)cc1. The highest BCUT2D eigenvalue weighted by molar-refractivity contribution is 7.88. The predicted octanol–water partition coefficient (Wildman–Crippen LogP) is 8.66. The van der Waals surface area contributed by atoms with Gasteiger partial charge in [-0.3, -0.25) is 0 Å². The van der Waals surface area contributed by atoms with Crippen LogP contribution in [-0.2, 0) is 33.4 Å². The topological polar surface area (TPSA) is 86.6 Å². The number of nitrogens with zero attached hydrogens (tertiary/aromatic N) is 1. The molecule has 0 aliphatic carbocycles. The average molecular weight is 728 g/mol. The normalized spacial score (nSPS) is 11.6. The van der Waals surface area contributed by atoms with E-state index in [0.717, 1.165) is 33.3 Å². The molecule has 1 aromatic heterocycles.